The van der Waals surface area contributed by atoms with Gasteiger partial charge in [-0.25, -0.2) is 4.79 Å². The molecule has 2 aromatic rings. The van der Waals surface area contributed by atoms with E-state index < -0.39 is 11.9 Å². The van der Waals surface area contributed by atoms with Gasteiger partial charge in [0, 0.05) is 11.7 Å². The first kappa shape index (κ1) is 21.6. The fourth-order valence-corrected chi connectivity index (χ4v) is 3.72. The summed E-state index contributed by atoms with van der Waals surface area (Å²) in [6, 6.07) is 8.12. The SMILES string of the molecule is Cc1ccc(C(=O)OCC(=O)N[C@H]2CCC[C@@H](C)[C@@H]2C)cc1NC(=O)c1ccco1. The van der Waals surface area contributed by atoms with Gasteiger partial charge >= 0.3 is 5.97 Å². The Bertz CT molecular complexity index is 906. The Labute approximate surface area is 176 Å². The number of hydrogen-bond donors (Lipinski definition) is 2. The molecule has 0 unspecified atom stereocenters. The summed E-state index contributed by atoms with van der Waals surface area (Å²) in [6.45, 7) is 5.82. The molecule has 0 radical (unpaired) electrons. The van der Waals surface area contributed by atoms with Crippen molar-refractivity contribution in [3.8, 4) is 0 Å². The average molecular weight is 412 g/mol. The normalized spacial score (nSPS) is 21.0. The van der Waals surface area contributed by atoms with E-state index in [-0.39, 0.29) is 29.9 Å². The topological polar surface area (TPSA) is 97.6 Å². The van der Waals surface area contributed by atoms with Crippen LogP contribution in [0.3, 0.4) is 0 Å². The third-order valence-corrected chi connectivity index (χ3v) is 5.85. The van der Waals surface area contributed by atoms with E-state index >= 15 is 0 Å². The highest BCUT2D eigenvalue weighted by atomic mass is 16.5. The van der Waals surface area contributed by atoms with Crippen LogP contribution < -0.4 is 10.6 Å². The fourth-order valence-electron chi connectivity index (χ4n) is 3.72. The molecule has 1 saturated carbocycles. The Kier molecular flexibility index (Phi) is 6.92. The molecule has 1 heterocycles. The Hall–Kier alpha value is -3.09. The van der Waals surface area contributed by atoms with Gasteiger partial charge in [0.25, 0.3) is 11.8 Å². The standard InChI is InChI=1S/C23H28N2O5/c1-14-6-4-7-18(16(14)3)24-21(26)13-30-23(28)17-10-9-15(2)19(12-17)25-22(27)20-8-5-11-29-20/h5,8-12,14,16,18H,4,6-7,13H2,1-3H3,(H,24,26)(H,25,27)/t14-,16+,18+/m1/s1. The lowest BCUT2D eigenvalue weighted by molar-refractivity contribution is -0.125. The number of carbonyl (C=O) groups is 3. The number of esters is 1. The van der Waals surface area contributed by atoms with Crippen molar-refractivity contribution in [3.63, 3.8) is 0 Å². The third kappa shape index (κ3) is 5.28. The first-order chi connectivity index (χ1) is 14.3. The van der Waals surface area contributed by atoms with Gasteiger partial charge in [-0.2, -0.15) is 0 Å². The van der Waals surface area contributed by atoms with Crippen LogP contribution in [0.1, 0.15) is 59.6 Å². The van der Waals surface area contributed by atoms with Crippen LogP contribution in [0.5, 0.6) is 0 Å². The molecule has 1 aromatic carbocycles. The number of benzene rings is 1. The largest absolute Gasteiger partial charge is 0.459 e. The molecule has 0 aliphatic heterocycles. The van der Waals surface area contributed by atoms with Gasteiger partial charge in [0.2, 0.25) is 0 Å². The summed E-state index contributed by atoms with van der Waals surface area (Å²) in [5, 5.41) is 5.70. The number of carbonyl (C=O) groups excluding carboxylic acids is 3. The van der Waals surface area contributed by atoms with E-state index in [1.807, 2.05) is 6.92 Å². The van der Waals surface area contributed by atoms with E-state index in [0.29, 0.717) is 17.5 Å². The molecule has 1 aromatic heterocycles. The van der Waals surface area contributed by atoms with Crippen LogP contribution in [0.25, 0.3) is 0 Å². The molecule has 2 N–H and O–H groups in total. The number of anilines is 1. The first-order valence-corrected chi connectivity index (χ1v) is 10.3. The highest BCUT2D eigenvalue weighted by molar-refractivity contribution is 6.03. The van der Waals surface area contributed by atoms with Gasteiger partial charge in [-0.15, -0.1) is 0 Å². The molecule has 3 rings (SSSR count). The van der Waals surface area contributed by atoms with Crippen LogP contribution in [-0.4, -0.2) is 30.4 Å². The number of ether oxygens (including phenoxy) is 1. The van der Waals surface area contributed by atoms with E-state index in [9.17, 15) is 14.4 Å². The molecule has 7 nitrogen and oxygen atoms in total. The second kappa shape index (κ2) is 9.61. The third-order valence-electron chi connectivity index (χ3n) is 5.85. The molecule has 30 heavy (non-hydrogen) atoms. The van der Waals surface area contributed by atoms with Gasteiger partial charge < -0.3 is 19.8 Å². The predicted octanol–water partition coefficient (Wildman–Crippen LogP) is 3.94. The Morgan fingerprint density at radius 3 is 2.70 bits per heavy atom. The zero-order chi connectivity index (χ0) is 21.7. The van der Waals surface area contributed by atoms with Gasteiger partial charge in [-0.05, 0) is 55.0 Å². The minimum atomic E-state index is -0.622. The van der Waals surface area contributed by atoms with Gasteiger partial charge in [-0.3, -0.25) is 9.59 Å². The summed E-state index contributed by atoms with van der Waals surface area (Å²) in [5.41, 5.74) is 1.51. The zero-order valence-electron chi connectivity index (χ0n) is 17.6. The molecule has 0 spiro atoms. The summed E-state index contributed by atoms with van der Waals surface area (Å²) < 4.78 is 10.3. The van der Waals surface area contributed by atoms with Crippen LogP contribution in [0.4, 0.5) is 5.69 Å². The van der Waals surface area contributed by atoms with E-state index in [1.165, 1.54) is 18.8 Å². The Balaban J connectivity index is 1.56. The molecule has 3 atom stereocenters. The maximum atomic E-state index is 12.4. The first-order valence-electron chi connectivity index (χ1n) is 10.3. The quantitative estimate of drug-likeness (QED) is 0.701. The van der Waals surface area contributed by atoms with E-state index in [1.54, 1.807) is 24.3 Å². The second-order valence-electron chi connectivity index (χ2n) is 7.98. The Morgan fingerprint density at radius 1 is 1.17 bits per heavy atom. The van der Waals surface area contributed by atoms with E-state index in [4.69, 9.17) is 9.15 Å². The molecular formula is C23H28N2O5. The maximum Gasteiger partial charge on any atom is 0.338 e. The number of hydrogen-bond acceptors (Lipinski definition) is 5. The van der Waals surface area contributed by atoms with Crippen molar-refractivity contribution in [1.29, 1.82) is 0 Å². The summed E-state index contributed by atoms with van der Waals surface area (Å²) in [4.78, 5) is 36.8. The zero-order valence-corrected chi connectivity index (χ0v) is 17.6. The molecule has 0 saturated heterocycles. The lowest BCUT2D eigenvalue weighted by Gasteiger charge is -2.34. The molecule has 7 heteroatoms. The number of nitrogens with one attached hydrogen (secondary N) is 2. The van der Waals surface area contributed by atoms with E-state index in [2.05, 4.69) is 24.5 Å². The number of furan rings is 1. The summed E-state index contributed by atoms with van der Waals surface area (Å²) in [6.07, 6.45) is 4.62. The van der Waals surface area contributed by atoms with Crippen LogP contribution in [-0.2, 0) is 9.53 Å². The molecule has 2 amide bonds. The Morgan fingerprint density at radius 2 is 1.97 bits per heavy atom. The highest BCUT2D eigenvalue weighted by Gasteiger charge is 2.28. The minimum Gasteiger partial charge on any atom is -0.459 e. The fraction of sp³-hybridized carbons (Fsp3) is 0.435. The van der Waals surface area contributed by atoms with Crippen molar-refractivity contribution in [2.24, 2.45) is 11.8 Å². The van der Waals surface area contributed by atoms with Crippen LogP contribution in [0.15, 0.2) is 41.0 Å². The summed E-state index contributed by atoms with van der Waals surface area (Å²) in [5.74, 6) is -0.199. The molecule has 1 fully saturated rings. The van der Waals surface area contributed by atoms with Gasteiger partial charge in [-0.1, -0.05) is 32.8 Å². The van der Waals surface area contributed by atoms with Crippen LogP contribution >= 0.6 is 0 Å². The minimum absolute atomic E-state index is 0.114. The molecule has 160 valence electrons. The van der Waals surface area contributed by atoms with Crippen molar-refractivity contribution >= 4 is 23.5 Å². The number of aryl methyl sites for hydroxylation is 1. The van der Waals surface area contributed by atoms with Gasteiger partial charge in [0.1, 0.15) is 0 Å². The highest BCUT2D eigenvalue weighted by Crippen LogP contribution is 2.29. The van der Waals surface area contributed by atoms with E-state index in [0.717, 1.165) is 18.4 Å². The summed E-state index contributed by atoms with van der Waals surface area (Å²) >= 11 is 0. The number of amides is 2. The second-order valence-corrected chi connectivity index (χ2v) is 7.98. The monoisotopic (exact) mass is 412 g/mol. The maximum absolute atomic E-state index is 12.4. The van der Waals surface area contributed by atoms with Crippen molar-refractivity contribution in [2.45, 2.75) is 46.1 Å². The van der Waals surface area contributed by atoms with Gasteiger partial charge in [0.05, 0.1) is 11.8 Å². The van der Waals surface area contributed by atoms with Crippen molar-refractivity contribution < 1.29 is 23.5 Å². The van der Waals surface area contributed by atoms with Crippen molar-refractivity contribution in [3.05, 3.63) is 53.5 Å². The summed E-state index contributed by atoms with van der Waals surface area (Å²) in [7, 11) is 0. The van der Waals surface area contributed by atoms with Crippen LogP contribution in [0.2, 0.25) is 0 Å². The molecular weight excluding hydrogens is 384 g/mol. The average Bonchev–Trinajstić information content (AvgIpc) is 3.26. The predicted molar refractivity (Wildman–Crippen MR) is 112 cm³/mol. The van der Waals surface area contributed by atoms with Crippen molar-refractivity contribution in [1.82, 2.24) is 5.32 Å². The molecule has 0 bridgehead atoms. The molecule has 1 aliphatic carbocycles. The molecule has 1 aliphatic rings. The lowest BCUT2D eigenvalue weighted by atomic mass is 9.78. The van der Waals surface area contributed by atoms with Gasteiger partial charge in [0.15, 0.2) is 12.4 Å². The lowest BCUT2D eigenvalue weighted by Crippen LogP contribution is -2.45. The van der Waals surface area contributed by atoms with Crippen LogP contribution in [0, 0.1) is 18.8 Å². The van der Waals surface area contributed by atoms with Crippen molar-refractivity contribution in [2.75, 3.05) is 11.9 Å². The smallest absolute Gasteiger partial charge is 0.338 e. The number of rotatable bonds is 6.